The van der Waals surface area contributed by atoms with E-state index in [1.54, 1.807) is 24.3 Å². The first-order valence-electron chi connectivity index (χ1n) is 5.31. The second-order valence-corrected chi connectivity index (χ2v) is 4.39. The molecule has 0 bridgehead atoms. The Morgan fingerprint density at radius 2 is 2.00 bits per heavy atom. The van der Waals surface area contributed by atoms with Gasteiger partial charge in [-0.1, -0.05) is 0 Å². The Hall–Kier alpha value is -2.20. The molecule has 0 aliphatic heterocycles. The first-order chi connectivity index (χ1) is 9.11. The van der Waals surface area contributed by atoms with Gasteiger partial charge in [-0.2, -0.15) is 5.26 Å². The smallest absolute Gasteiger partial charge is 0.313 e. The van der Waals surface area contributed by atoms with Crippen LogP contribution in [-0.2, 0) is 9.59 Å². The molecule has 0 aliphatic carbocycles. The topological polar surface area (TPSA) is 99.4 Å². The van der Waals surface area contributed by atoms with Crippen molar-refractivity contribution in [2.45, 2.75) is 0 Å². The number of carbonyl (C=O) groups is 2. The molecule has 0 atom stereocenters. The largest absolute Gasteiger partial charge is 0.481 e. The number of aliphatic carboxylic acids is 1. The molecule has 0 radical (unpaired) electrons. The van der Waals surface area contributed by atoms with Gasteiger partial charge in [0.2, 0.25) is 5.91 Å². The molecular formula is C12H12N2O4S. The average Bonchev–Trinajstić information content (AvgIpc) is 2.37. The van der Waals surface area contributed by atoms with Gasteiger partial charge in [0.15, 0.2) is 6.61 Å². The number of carboxylic acid groups (broad SMARTS) is 1. The molecule has 0 saturated heterocycles. The zero-order chi connectivity index (χ0) is 14.1. The highest BCUT2D eigenvalue weighted by atomic mass is 32.2. The van der Waals surface area contributed by atoms with Crippen LogP contribution < -0.4 is 10.1 Å². The molecule has 1 aromatic rings. The van der Waals surface area contributed by atoms with Crippen LogP contribution in [-0.4, -0.2) is 35.1 Å². The summed E-state index contributed by atoms with van der Waals surface area (Å²) in [6.07, 6.45) is 0. The number of anilines is 1. The lowest BCUT2D eigenvalue weighted by Crippen LogP contribution is -2.15. The minimum Gasteiger partial charge on any atom is -0.481 e. The van der Waals surface area contributed by atoms with Gasteiger partial charge in [0.05, 0.1) is 11.5 Å². The monoisotopic (exact) mass is 280 g/mol. The highest BCUT2D eigenvalue weighted by Gasteiger charge is 2.05. The molecule has 0 heterocycles. The summed E-state index contributed by atoms with van der Waals surface area (Å²) in [5, 5.41) is 19.4. The van der Waals surface area contributed by atoms with Crippen LogP contribution in [0.25, 0.3) is 0 Å². The molecule has 0 unspecified atom stereocenters. The number of hydrogen-bond acceptors (Lipinski definition) is 5. The lowest BCUT2D eigenvalue weighted by atomic mass is 10.3. The Labute approximate surface area is 114 Å². The van der Waals surface area contributed by atoms with E-state index < -0.39 is 5.97 Å². The fourth-order valence-corrected chi connectivity index (χ4v) is 1.71. The number of benzene rings is 1. The van der Waals surface area contributed by atoms with Crippen LogP contribution in [0.15, 0.2) is 24.3 Å². The summed E-state index contributed by atoms with van der Waals surface area (Å²) in [5.74, 6) is -0.693. The van der Waals surface area contributed by atoms with E-state index in [2.05, 4.69) is 5.32 Å². The Morgan fingerprint density at radius 1 is 1.32 bits per heavy atom. The molecule has 0 aromatic heterocycles. The minimum absolute atomic E-state index is 0.0302. The summed E-state index contributed by atoms with van der Waals surface area (Å²) in [6, 6.07) is 8.42. The van der Waals surface area contributed by atoms with Crippen molar-refractivity contribution in [3.05, 3.63) is 24.3 Å². The molecule has 7 heteroatoms. The first-order valence-corrected chi connectivity index (χ1v) is 6.46. The zero-order valence-electron chi connectivity index (χ0n) is 9.96. The predicted molar refractivity (Wildman–Crippen MR) is 71.1 cm³/mol. The fraction of sp³-hybridized carbons (Fsp3) is 0.250. The van der Waals surface area contributed by atoms with Gasteiger partial charge in [-0.05, 0) is 24.3 Å². The molecule has 19 heavy (non-hydrogen) atoms. The number of nitrogens with zero attached hydrogens (tertiary/aromatic N) is 1. The van der Waals surface area contributed by atoms with Crippen molar-refractivity contribution in [2.24, 2.45) is 0 Å². The van der Waals surface area contributed by atoms with Crippen molar-refractivity contribution in [2.75, 3.05) is 23.4 Å². The normalized spacial score (nSPS) is 9.42. The number of hydrogen-bond donors (Lipinski definition) is 2. The van der Waals surface area contributed by atoms with Crippen LogP contribution in [0.3, 0.4) is 0 Å². The number of amides is 1. The minimum atomic E-state index is -0.947. The summed E-state index contributed by atoms with van der Waals surface area (Å²) in [6.45, 7) is -0.0302. The average molecular weight is 280 g/mol. The second-order valence-electron chi connectivity index (χ2n) is 3.41. The zero-order valence-corrected chi connectivity index (χ0v) is 10.8. The summed E-state index contributed by atoms with van der Waals surface area (Å²) in [5.41, 5.74) is 0.588. The third kappa shape index (κ3) is 6.33. The first kappa shape index (κ1) is 14.9. The maximum Gasteiger partial charge on any atom is 0.313 e. The lowest BCUT2D eigenvalue weighted by Gasteiger charge is -2.06. The standard InChI is InChI=1S/C12H12N2O4S/c13-5-6-18-10-3-1-9(2-4-10)14-11(15)7-19-8-12(16)17/h1-4H,6-8H2,(H,14,15)(H,16,17). The van der Waals surface area contributed by atoms with Gasteiger partial charge in [0, 0.05) is 5.69 Å². The van der Waals surface area contributed by atoms with E-state index >= 15 is 0 Å². The molecule has 0 saturated carbocycles. The van der Waals surface area contributed by atoms with E-state index in [1.807, 2.05) is 6.07 Å². The van der Waals surface area contributed by atoms with Crippen LogP contribution in [0.5, 0.6) is 5.75 Å². The number of thioether (sulfide) groups is 1. The molecule has 6 nitrogen and oxygen atoms in total. The van der Waals surface area contributed by atoms with Crippen LogP contribution in [0, 0.1) is 11.3 Å². The van der Waals surface area contributed by atoms with E-state index in [9.17, 15) is 9.59 Å². The van der Waals surface area contributed by atoms with E-state index in [1.165, 1.54) is 0 Å². The van der Waals surface area contributed by atoms with Gasteiger partial charge in [-0.15, -0.1) is 11.8 Å². The second kappa shape index (κ2) is 8.00. The van der Waals surface area contributed by atoms with Crippen LogP contribution in [0.4, 0.5) is 5.69 Å². The van der Waals surface area contributed by atoms with E-state index in [-0.39, 0.29) is 24.0 Å². The van der Waals surface area contributed by atoms with Gasteiger partial charge in [-0.25, -0.2) is 0 Å². The maximum atomic E-state index is 11.5. The number of carboxylic acids is 1. The van der Waals surface area contributed by atoms with Gasteiger partial charge in [0.1, 0.15) is 11.8 Å². The lowest BCUT2D eigenvalue weighted by molar-refractivity contribution is -0.133. The van der Waals surface area contributed by atoms with Crippen molar-refractivity contribution in [3.8, 4) is 11.8 Å². The summed E-state index contributed by atoms with van der Waals surface area (Å²) in [7, 11) is 0. The Kier molecular flexibility index (Phi) is 6.26. The van der Waals surface area contributed by atoms with Gasteiger partial charge in [0.25, 0.3) is 0 Å². The molecular weight excluding hydrogens is 268 g/mol. The Balaban J connectivity index is 2.38. The van der Waals surface area contributed by atoms with Crippen molar-refractivity contribution < 1.29 is 19.4 Å². The number of rotatable bonds is 7. The van der Waals surface area contributed by atoms with E-state index in [4.69, 9.17) is 15.1 Å². The third-order valence-electron chi connectivity index (χ3n) is 1.90. The quantitative estimate of drug-likeness (QED) is 0.782. The Bertz CT molecular complexity index is 481. The van der Waals surface area contributed by atoms with Gasteiger partial charge >= 0.3 is 5.97 Å². The third-order valence-corrected chi connectivity index (χ3v) is 2.82. The molecule has 0 spiro atoms. The number of ether oxygens (including phenoxy) is 1. The number of carbonyl (C=O) groups excluding carboxylic acids is 1. The SMILES string of the molecule is N#CCOc1ccc(NC(=O)CSCC(=O)O)cc1. The highest BCUT2D eigenvalue weighted by Crippen LogP contribution is 2.15. The summed E-state index contributed by atoms with van der Waals surface area (Å²) < 4.78 is 5.06. The molecule has 0 aliphatic rings. The molecule has 1 rings (SSSR count). The maximum absolute atomic E-state index is 11.5. The predicted octanol–water partition coefficient (Wildman–Crippen LogP) is 1.35. The molecule has 0 fully saturated rings. The van der Waals surface area contributed by atoms with Gasteiger partial charge < -0.3 is 15.2 Å². The highest BCUT2D eigenvalue weighted by molar-refractivity contribution is 8.00. The molecule has 2 N–H and O–H groups in total. The molecule has 1 aromatic carbocycles. The Morgan fingerprint density at radius 3 is 2.58 bits per heavy atom. The summed E-state index contributed by atoms with van der Waals surface area (Å²) >= 11 is 1.03. The van der Waals surface area contributed by atoms with E-state index in [0.717, 1.165) is 11.8 Å². The van der Waals surface area contributed by atoms with Gasteiger partial charge in [-0.3, -0.25) is 9.59 Å². The van der Waals surface area contributed by atoms with Crippen molar-refractivity contribution in [1.82, 2.24) is 0 Å². The number of nitriles is 1. The fourth-order valence-electron chi connectivity index (χ4n) is 1.18. The van der Waals surface area contributed by atoms with Crippen molar-refractivity contribution >= 4 is 29.3 Å². The van der Waals surface area contributed by atoms with Crippen molar-refractivity contribution in [1.29, 1.82) is 5.26 Å². The molecule has 100 valence electrons. The van der Waals surface area contributed by atoms with E-state index in [0.29, 0.717) is 11.4 Å². The van der Waals surface area contributed by atoms with Crippen LogP contribution >= 0.6 is 11.8 Å². The van der Waals surface area contributed by atoms with Crippen LogP contribution in [0.1, 0.15) is 0 Å². The van der Waals surface area contributed by atoms with Crippen LogP contribution in [0.2, 0.25) is 0 Å². The molecule has 1 amide bonds. The van der Waals surface area contributed by atoms with Crippen molar-refractivity contribution in [3.63, 3.8) is 0 Å². The number of nitrogens with one attached hydrogen (secondary N) is 1. The summed E-state index contributed by atoms with van der Waals surface area (Å²) in [4.78, 5) is 21.7.